The van der Waals surface area contributed by atoms with Crippen molar-refractivity contribution in [1.29, 1.82) is 0 Å². The van der Waals surface area contributed by atoms with Gasteiger partial charge in [-0.25, -0.2) is 0 Å². The molecule has 3 heteroatoms. The highest BCUT2D eigenvalue weighted by molar-refractivity contribution is 5.02. The third-order valence-corrected chi connectivity index (χ3v) is 3.93. The molecule has 1 fully saturated rings. The zero-order valence-corrected chi connectivity index (χ0v) is 13.7. The first-order valence-corrected chi connectivity index (χ1v) is 7.97. The van der Waals surface area contributed by atoms with Gasteiger partial charge in [-0.3, -0.25) is 0 Å². The highest BCUT2D eigenvalue weighted by Gasteiger charge is 2.29. The van der Waals surface area contributed by atoms with Gasteiger partial charge in [0, 0.05) is 5.92 Å². The molecule has 0 bridgehead atoms. The van der Waals surface area contributed by atoms with Crippen LogP contribution in [0, 0.1) is 11.8 Å². The molecule has 0 aromatic rings. The Bertz CT molecular complexity index is 275. The lowest BCUT2D eigenvalue weighted by atomic mass is 9.78. The van der Waals surface area contributed by atoms with E-state index in [0.717, 1.165) is 12.3 Å². The van der Waals surface area contributed by atoms with Gasteiger partial charge in [0.15, 0.2) is 0 Å². The quantitative estimate of drug-likeness (QED) is 0.476. The number of ether oxygens (including phenoxy) is 3. The summed E-state index contributed by atoms with van der Waals surface area (Å²) in [7, 11) is 0. The summed E-state index contributed by atoms with van der Waals surface area (Å²) >= 11 is 0. The first-order chi connectivity index (χ1) is 9.50. The maximum Gasteiger partial charge on any atom is 0.0704 e. The van der Waals surface area contributed by atoms with Gasteiger partial charge in [0.2, 0.25) is 0 Å². The zero-order valence-electron chi connectivity index (χ0n) is 13.7. The highest BCUT2D eigenvalue weighted by Crippen LogP contribution is 2.34. The lowest BCUT2D eigenvalue weighted by Crippen LogP contribution is -2.32. The number of hydrogen-bond donors (Lipinski definition) is 0. The van der Waals surface area contributed by atoms with E-state index >= 15 is 0 Å². The summed E-state index contributed by atoms with van der Waals surface area (Å²) in [5, 5.41) is 0. The van der Waals surface area contributed by atoms with Crippen LogP contribution in [0.25, 0.3) is 0 Å². The van der Waals surface area contributed by atoms with Crippen molar-refractivity contribution in [2.45, 2.75) is 59.2 Å². The van der Waals surface area contributed by atoms with Gasteiger partial charge < -0.3 is 14.2 Å². The van der Waals surface area contributed by atoms with E-state index in [-0.39, 0.29) is 6.10 Å². The van der Waals surface area contributed by atoms with Gasteiger partial charge in [0.05, 0.1) is 38.6 Å². The molecular formula is C17H32O3. The summed E-state index contributed by atoms with van der Waals surface area (Å²) < 4.78 is 17.0. The normalized spacial score (nSPS) is 26.9. The van der Waals surface area contributed by atoms with Crippen molar-refractivity contribution in [1.82, 2.24) is 0 Å². The van der Waals surface area contributed by atoms with Gasteiger partial charge in [-0.2, -0.15) is 0 Å². The Morgan fingerprint density at radius 3 is 2.50 bits per heavy atom. The summed E-state index contributed by atoms with van der Waals surface area (Å²) in [5.74, 6) is 1.28. The SMILES string of the molecule is C=C(C)C1CCC(C)CC1OCCOCCOC(C)C. The molecule has 0 aromatic carbocycles. The predicted molar refractivity (Wildman–Crippen MR) is 83.0 cm³/mol. The fraction of sp³-hybridized carbons (Fsp3) is 0.882. The molecule has 1 aliphatic rings. The Balaban J connectivity index is 2.13. The molecule has 0 spiro atoms. The zero-order chi connectivity index (χ0) is 15.0. The molecule has 0 N–H and O–H groups in total. The average Bonchev–Trinajstić information content (AvgIpc) is 2.37. The molecule has 20 heavy (non-hydrogen) atoms. The van der Waals surface area contributed by atoms with Crippen LogP contribution in [-0.4, -0.2) is 38.6 Å². The minimum Gasteiger partial charge on any atom is -0.377 e. The standard InChI is InChI=1S/C17H32O3/c1-13(2)16-7-6-15(5)12-17(16)20-11-9-18-8-10-19-14(3)4/h14-17H,1,6-12H2,2-5H3. The first kappa shape index (κ1) is 17.7. The van der Waals surface area contributed by atoms with Crippen molar-refractivity contribution in [2.24, 2.45) is 11.8 Å². The van der Waals surface area contributed by atoms with Gasteiger partial charge in [-0.15, -0.1) is 0 Å². The Hall–Kier alpha value is -0.380. The highest BCUT2D eigenvalue weighted by atomic mass is 16.5. The lowest BCUT2D eigenvalue weighted by Gasteiger charge is -2.35. The third kappa shape index (κ3) is 6.87. The minimum absolute atomic E-state index is 0.273. The molecule has 1 rings (SSSR count). The van der Waals surface area contributed by atoms with Crippen LogP contribution in [-0.2, 0) is 14.2 Å². The monoisotopic (exact) mass is 284 g/mol. The summed E-state index contributed by atoms with van der Waals surface area (Å²) in [6.07, 6.45) is 4.25. The number of rotatable bonds is 9. The summed E-state index contributed by atoms with van der Waals surface area (Å²) in [5.41, 5.74) is 1.26. The molecule has 3 nitrogen and oxygen atoms in total. The van der Waals surface area contributed by atoms with Crippen LogP contribution < -0.4 is 0 Å². The fourth-order valence-corrected chi connectivity index (χ4v) is 2.78. The summed E-state index contributed by atoms with van der Waals surface area (Å²) in [6.45, 7) is 15.2. The molecule has 3 atom stereocenters. The number of hydrogen-bond acceptors (Lipinski definition) is 3. The van der Waals surface area contributed by atoms with Crippen LogP contribution in [0.3, 0.4) is 0 Å². The lowest BCUT2D eigenvalue weighted by molar-refractivity contribution is -0.0480. The van der Waals surface area contributed by atoms with Crippen LogP contribution in [0.2, 0.25) is 0 Å². The summed E-state index contributed by atoms with van der Waals surface area (Å²) in [4.78, 5) is 0. The second-order valence-corrected chi connectivity index (χ2v) is 6.31. The second-order valence-electron chi connectivity index (χ2n) is 6.31. The molecule has 1 saturated carbocycles. The molecule has 0 amide bonds. The van der Waals surface area contributed by atoms with Gasteiger partial charge >= 0.3 is 0 Å². The van der Waals surface area contributed by atoms with E-state index in [4.69, 9.17) is 14.2 Å². The van der Waals surface area contributed by atoms with E-state index in [9.17, 15) is 0 Å². The van der Waals surface area contributed by atoms with Crippen LogP contribution in [0.4, 0.5) is 0 Å². The molecule has 118 valence electrons. The third-order valence-electron chi connectivity index (χ3n) is 3.93. The van der Waals surface area contributed by atoms with E-state index in [1.807, 2.05) is 13.8 Å². The van der Waals surface area contributed by atoms with Crippen molar-refractivity contribution in [3.05, 3.63) is 12.2 Å². The van der Waals surface area contributed by atoms with E-state index in [0.29, 0.717) is 38.4 Å². The fourth-order valence-electron chi connectivity index (χ4n) is 2.78. The second kappa shape index (κ2) is 9.54. The van der Waals surface area contributed by atoms with Crippen LogP contribution in [0.15, 0.2) is 12.2 Å². The Labute approximate surface area is 124 Å². The largest absolute Gasteiger partial charge is 0.377 e. The van der Waals surface area contributed by atoms with Crippen molar-refractivity contribution >= 4 is 0 Å². The van der Waals surface area contributed by atoms with Gasteiger partial charge in [-0.1, -0.05) is 19.1 Å². The Morgan fingerprint density at radius 1 is 1.15 bits per heavy atom. The maximum atomic E-state index is 6.03. The molecule has 0 radical (unpaired) electrons. The Morgan fingerprint density at radius 2 is 1.85 bits per heavy atom. The average molecular weight is 284 g/mol. The van der Waals surface area contributed by atoms with Gasteiger partial charge in [0.1, 0.15) is 0 Å². The molecule has 0 heterocycles. The van der Waals surface area contributed by atoms with Crippen LogP contribution in [0.5, 0.6) is 0 Å². The van der Waals surface area contributed by atoms with Crippen LogP contribution in [0.1, 0.15) is 47.0 Å². The first-order valence-electron chi connectivity index (χ1n) is 7.97. The van der Waals surface area contributed by atoms with E-state index in [1.54, 1.807) is 0 Å². The molecular weight excluding hydrogens is 252 g/mol. The topological polar surface area (TPSA) is 27.7 Å². The predicted octanol–water partition coefficient (Wildman–Crippen LogP) is 3.83. The van der Waals surface area contributed by atoms with E-state index in [1.165, 1.54) is 18.4 Å². The van der Waals surface area contributed by atoms with E-state index < -0.39 is 0 Å². The van der Waals surface area contributed by atoms with Gasteiger partial charge in [-0.05, 0) is 46.0 Å². The smallest absolute Gasteiger partial charge is 0.0704 e. The van der Waals surface area contributed by atoms with Crippen molar-refractivity contribution in [2.75, 3.05) is 26.4 Å². The van der Waals surface area contributed by atoms with Crippen molar-refractivity contribution < 1.29 is 14.2 Å². The molecule has 3 unspecified atom stereocenters. The van der Waals surface area contributed by atoms with Crippen molar-refractivity contribution in [3.63, 3.8) is 0 Å². The van der Waals surface area contributed by atoms with E-state index in [2.05, 4.69) is 20.4 Å². The molecule has 0 aromatic heterocycles. The van der Waals surface area contributed by atoms with Crippen LogP contribution >= 0.6 is 0 Å². The maximum absolute atomic E-state index is 6.03. The minimum atomic E-state index is 0.273. The van der Waals surface area contributed by atoms with Crippen molar-refractivity contribution in [3.8, 4) is 0 Å². The van der Waals surface area contributed by atoms with Gasteiger partial charge in [0.25, 0.3) is 0 Å². The summed E-state index contributed by atoms with van der Waals surface area (Å²) in [6, 6.07) is 0. The Kier molecular flexibility index (Phi) is 8.43. The molecule has 1 aliphatic carbocycles. The molecule has 0 aliphatic heterocycles. The molecule has 0 saturated heterocycles.